The van der Waals surface area contributed by atoms with E-state index in [2.05, 4.69) is 248 Å². The van der Waals surface area contributed by atoms with Crippen LogP contribution in [0.4, 0.5) is 17.1 Å². The fourth-order valence-corrected chi connectivity index (χ4v) is 12.8. The maximum atomic E-state index is 5.22. The standard InChI is InChI=1S/C62H40N2S2/c1-5-17-41(18-6-1)49-26-15-28-53-54-29-16-27-50(60(54)66-59(49)53)42-31-33-46(34-32-42)64(48-36-38-58-57(40-48)63-61(65-58)43-19-7-2-8-20-43)47-35-37-52-51-25-13-14-30-55(51)62(56(52)39-47,44-21-9-3-10-22-44)45-23-11-4-12-24-45/h1-40H. The van der Waals surface area contributed by atoms with Crippen molar-refractivity contribution in [3.8, 4) is 44.0 Å². The summed E-state index contributed by atoms with van der Waals surface area (Å²) in [5.41, 5.74) is 17.4. The van der Waals surface area contributed by atoms with Crippen LogP contribution in [0.25, 0.3) is 74.3 Å². The van der Waals surface area contributed by atoms with Gasteiger partial charge in [0.05, 0.1) is 15.6 Å². The summed E-state index contributed by atoms with van der Waals surface area (Å²) in [5.74, 6) is 0. The molecule has 13 rings (SSSR count). The molecule has 0 saturated carbocycles. The van der Waals surface area contributed by atoms with E-state index in [1.54, 1.807) is 11.3 Å². The number of hydrogen-bond acceptors (Lipinski definition) is 4. The number of anilines is 3. The first-order valence-electron chi connectivity index (χ1n) is 22.4. The normalized spacial score (nSPS) is 12.7. The molecule has 0 spiro atoms. The zero-order valence-corrected chi connectivity index (χ0v) is 37.4. The van der Waals surface area contributed by atoms with Crippen LogP contribution in [0.5, 0.6) is 0 Å². The van der Waals surface area contributed by atoms with Crippen molar-refractivity contribution in [1.82, 2.24) is 4.98 Å². The van der Waals surface area contributed by atoms with Crippen LogP contribution in [0.3, 0.4) is 0 Å². The van der Waals surface area contributed by atoms with E-state index in [9.17, 15) is 0 Å². The molecule has 0 bridgehead atoms. The predicted molar refractivity (Wildman–Crippen MR) is 281 cm³/mol. The van der Waals surface area contributed by atoms with Crippen LogP contribution in [0.15, 0.2) is 243 Å². The third kappa shape index (κ3) is 6.10. The van der Waals surface area contributed by atoms with Gasteiger partial charge >= 0.3 is 0 Å². The molecule has 2 aromatic heterocycles. The van der Waals surface area contributed by atoms with E-state index in [1.165, 1.54) is 75.8 Å². The Labute approximate surface area is 392 Å². The van der Waals surface area contributed by atoms with Crippen LogP contribution < -0.4 is 4.90 Å². The minimum atomic E-state index is -0.521. The molecule has 0 radical (unpaired) electrons. The average molecular weight is 877 g/mol. The molecule has 4 heteroatoms. The van der Waals surface area contributed by atoms with Gasteiger partial charge < -0.3 is 4.90 Å². The van der Waals surface area contributed by atoms with E-state index in [1.807, 2.05) is 11.3 Å². The van der Waals surface area contributed by atoms with E-state index >= 15 is 0 Å². The average Bonchev–Trinajstić information content (AvgIpc) is 4.09. The van der Waals surface area contributed by atoms with Crippen LogP contribution in [0.2, 0.25) is 0 Å². The first-order chi connectivity index (χ1) is 32.7. The van der Waals surface area contributed by atoms with E-state index in [0.29, 0.717) is 0 Å². The van der Waals surface area contributed by atoms with Gasteiger partial charge in [-0.2, -0.15) is 0 Å². The fourth-order valence-electron chi connectivity index (χ4n) is 10.5. The maximum Gasteiger partial charge on any atom is 0.124 e. The number of fused-ring (bicyclic) bond motifs is 7. The molecular formula is C62H40N2S2. The van der Waals surface area contributed by atoms with Crippen LogP contribution in [0.1, 0.15) is 22.3 Å². The van der Waals surface area contributed by atoms with Crippen molar-refractivity contribution >= 4 is 70.1 Å². The van der Waals surface area contributed by atoms with Gasteiger partial charge in [0.15, 0.2) is 0 Å². The van der Waals surface area contributed by atoms with Crippen LogP contribution in [-0.2, 0) is 5.41 Å². The molecule has 310 valence electrons. The third-order valence-electron chi connectivity index (χ3n) is 13.4. The first kappa shape index (κ1) is 38.6. The Morgan fingerprint density at radius 2 is 0.848 bits per heavy atom. The summed E-state index contributed by atoms with van der Waals surface area (Å²) in [7, 11) is 0. The summed E-state index contributed by atoms with van der Waals surface area (Å²) in [4.78, 5) is 7.64. The van der Waals surface area contributed by atoms with Gasteiger partial charge in [0, 0.05) is 42.8 Å². The molecule has 66 heavy (non-hydrogen) atoms. The molecule has 2 heterocycles. The highest BCUT2D eigenvalue weighted by atomic mass is 32.1. The largest absolute Gasteiger partial charge is 0.310 e. The molecule has 0 unspecified atom stereocenters. The first-order valence-corrected chi connectivity index (χ1v) is 24.1. The van der Waals surface area contributed by atoms with Gasteiger partial charge in [-0.15, -0.1) is 22.7 Å². The van der Waals surface area contributed by atoms with Crippen molar-refractivity contribution < 1.29 is 0 Å². The van der Waals surface area contributed by atoms with Crippen molar-refractivity contribution in [2.75, 3.05) is 4.90 Å². The number of nitrogens with zero attached hydrogens (tertiary/aromatic N) is 2. The second-order valence-electron chi connectivity index (χ2n) is 17.0. The molecular weight excluding hydrogens is 837 g/mol. The summed E-state index contributed by atoms with van der Waals surface area (Å²) in [6.45, 7) is 0. The Balaban J connectivity index is 0.992. The summed E-state index contributed by atoms with van der Waals surface area (Å²) in [6.07, 6.45) is 0. The molecule has 1 aliphatic rings. The molecule has 1 aliphatic carbocycles. The lowest BCUT2D eigenvalue weighted by atomic mass is 9.67. The van der Waals surface area contributed by atoms with Crippen molar-refractivity contribution in [3.05, 3.63) is 265 Å². The number of thiophene rings is 1. The third-order valence-corrected chi connectivity index (χ3v) is 15.8. The van der Waals surface area contributed by atoms with Crippen LogP contribution in [0, 0.1) is 0 Å². The summed E-state index contributed by atoms with van der Waals surface area (Å²) in [6, 6.07) is 88.9. The van der Waals surface area contributed by atoms with E-state index in [-0.39, 0.29) is 0 Å². The molecule has 0 amide bonds. The van der Waals surface area contributed by atoms with E-state index in [4.69, 9.17) is 4.98 Å². The Morgan fingerprint density at radius 1 is 0.348 bits per heavy atom. The maximum absolute atomic E-state index is 5.22. The molecule has 0 fully saturated rings. The Bertz CT molecular complexity index is 3700. The molecule has 0 aliphatic heterocycles. The van der Waals surface area contributed by atoms with Gasteiger partial charge in [0.25, 0.3) is 0 Å². The highest BCUT2D eigenvalue weighted by Crippen LogP contribution is 2.57. The molecule has 2 nitrogen and oxygen atoms in total. The molecule has 12 aromatic rings. The summed E-state index contributed by atoms with van der Waals surface area (Å²) >= 11 is 3.64. The smallest absolute Gasteiger partial charge is 0.124 e. The molecule has 0 atom stereocenters. The van der Waals surface area contributed by atoms with Crippen molar-refractivity contribution in [2.45, 2.75) is 5.41 Å². The summed E-state index contributed by atoms with van der Waals surface area (Å²) in [5, 5.41) is 3.62. The Morgan fingerprint density at radius 3 is 1.50 bits per heavy atom. The minimum Gasteiger partial charge on any atom is -0.310 e. The Kier molecular flexibility index (Phi) is 9.16. The van der Waals surface area contributed by atoms with Crippen molar-refractivity contribution in [3.63, 3.8) is 0 Å². The van der Waals surface area contributed by atoms with Crippen LogP contribution >= 0.6 is 22.7 Å². The molecule has 0 N–H and O–H groups in total. The SMILES string of the molecule is c1ccc(-c2nc3cc(N(c4ccc(-c5cccc6c5sc5c(-c7ccccc7)cccc56)cc4)c4ccc5c(c4)C(c4ccccc4)(c4ccccc4)c4ccccc4-5)ccc3s2)cc1. The zero-order chi connectivity index (χ0) is 43.6. The number of hydrogen-bond donors (Lipinski definition) is 0. The highest BCUT2D eigenvalue weighted by molar-refractivity contribution is 7.27. The van der Waals surface area contributed by atoms with Gasteiger partial charge in [-0.05, 0) is 98.1 Å². The van der Waals surface area contributed by atoms with Gasteiger partial charge in [0.2, 0.25) is 0 Å². The van der Waals surface area contributed by atoms with Gasteiger partial charge in [-0.1, -0.05) is 200 Å². The quantitative estimate of drug-likeness (QED) is 0.151. The number of thiazole rings is 1. The van der Waals surface area contributed by atoms with E-state index < -0.39 is 5.41 Å². The summed E-state index contributed by atoms with van der Waals surface area (Å²) < 4.78 is 3.79. The van der Waals surface area contributed by atoms with Crippen LogP contribution in [-0.4, -0.2) is 4.98 Å². The lowest BCUT2D eigenvalue weighted by Crippen LogP contribution is -2.28. The number of aromatic nitrogens is 1. The van der Waals surface area contributed by atoms with Gasteiger partial charge in [-0.3, -0.25) is 0 Å². The number of benzene rings is 10. The molecule has 10 aromatic carbocycles. The lowest BCUT2D eigenvalue weighted by Gasteiger charge is -2.35. The topological polar surface area (TPSA) is 16.1 Å². The lowest BCUT2D eigenvalue weighted by molar-refractivity contribution is 0.768. The monoisotopic (exact) mass is 876 g/mol. The van der Waals surface area contributed by atoms with Gasteiger partial charge in [0.1, 0.15) is 5.01 Å². The zero-order valence-electron chi connectivity index (χ0n) is 35.8. The van der Waals surface area contributed by atoms with Crippen molar-refractivity contribution in [1.29, 1.82) is 0 Å². The highest BCUT2D eigenvalue weighted by Gasteiger charge is 2.46. The fraction of sp³-hybridized carbons (Fsp3) is 0.0161. The van der Waals surface area contributed by atoms with E-state index in [0.717, 1.165) is 37.8 Å². The minimum absolute atomic E-state index is 0.521. The predicted octanol–water partition coefficient (Wildman–Crippen LogP) is 17.5. The number of rotatable bonds is 8. The second-order valence-corrected chi connectivity index (χ2v) is 19.1. The van der Waals surface area contributed by atoms with Gasteiger partial charge in [-0.25, -0.2) is 4.98 Å². The van der Waals surface area contributed by atoms with Crippen molar-refractivity contribution in [2.24, 2.45) is 0 Å². The Hall–Kier alpha value is -7.89. The second kappa shape index (κ2) is 15.7. The molecule has 0 saturated heterocycles.